The Balaban J connectivity index is 2.23. The standard InChI is InChI=1S/C14H22N2O2/c1-10-11(2)14(17)12(8-13(10)18-3)9-16-6-4-15-5-7-16/h8,15,17H,4-7,9H2,1-3H3. The fraction of sp³-hybridized carbons (Fsp3) is 0.571. The first-order valence-electron chi connectivity index (χ1n) is 6.42. The van der Waals surface area contributed by atoms with Crippen LogP contribution in [0.15, 0.2) is 6.07 Å². The van der Waals surface area contributed by atoms with Gasteiger partial charge < -0.3 is 15.2 Å². The Morgan fingerprint density at radius 2 is 1.94 bits per heavy atom. The van der Waals surface area contributed by atoms with Gasteiger partial charge in [0.1, 0.15) is 11.5 Å². The normalized spacial score (nSPS) is 16.8. The van der Waals surface area contributed by atoms with Crippen molar-refractivity contribution in [2.75, 3.05) is 33.3 Å². The highest BCUT2D eigenvalue weighted by atomic mass is 16.5. The monoisotopic (exact) mass is 250 g/mol. The predicted octanol–water partition coefficient (Wildman–Crippen LogP) is 1.42. The molecule has 2 rings (SSSR count). The molecule has 100 valence electrons. The highest BCUT2D eigenvalue weighted by Gasteiger charge is 2.16. The molecule has 1 saturated heterocycles. The van der Waals surface area contributed by atoms with E-state index in [1.807, 2.05) is 19.9 Å². The summed E-state index contributed by atoms with van der Waals surface area (Å²) in [5.74, 6) is 1.27. The Bertz CT molecular complexity index is 426. The number of benzene rings is 1. The van der Waals surface area contributed by atoms with Gasteiger partial charge in [0, 0.05) is 38.3 Å². The van der Waals surface area contributed by atoms with Crippen molar-refractivity contribution >= 4 is 0 Å². The molecular weight excluding hydrogens is 228 g/mol. The van der Waals surface area contributed by atoms with Gasteiger partial charge in [-0.3, -0.25) is 4.90 Å². The lowest BCUT2D eigenvalue weighted by atomic mass is 10.0. The molecule has 0 spiro atoms. The maximum atomic E-state index is 10.2. The third kappa shape index (κ3) is 2.60. The van der Waals surface area contributed by atoms with Crippen molar-refractivity contribution in [1.29, 1.82) is 0 Å². The SMILES string of the molecule is COc1cc(CN2CCNCC2)c(O)c(C)c1C. The summed E-state index contributed by atoms with van der Waals surface area (Å²) in [5.41, 5.74) is 2.88. The largest absolute Gasteiger partial charge is 0.507 e. The van der Waals surface area contributed by atoms with Crippen molar-refractivity contribution in [3.8, 4) is 11.5 Å². The van der Waals surface area contributed by atoms with Gasteiger partial charge in [0.05, 0.1) is 7.11 Å². The lowest BCUT2D eigenvalue weighted by Crippen LogP contribution is -2.42. The van der Waals surface area contributed by atoms with Gasteiger partial charge in [0.15, 0.2) is 0 Å². The van der Waals surface area contributed by atoms with Gasteiger partial charge in [-0.2, -0.15) is 0 Å². The van der Waals surface area contributed by atoms with E-state index in [0.717, 1.165) is 55.2 Å². The van der Waals surface area contributed by atoms with E-state index in [-0.39, 0.29) is 0 Å². The lowest BCUT2D eigenvalue weighted by molar-refractivity contribution is 0.230. The second-order valence-corrected chi connectivity index (χ2v) is 4.86. The van der Waals surface area contributed by atoms with E-state index < -0.39 is 0 Å². The molecule has 1 aromatic carbocycles. The molecule has 1 aromatic rings. The summed E-state index contributed by atoms with van der Waals surface area (Å²) in [6.07, 6.45) is 0. The molecule has 2 N–H and O–H groups in total. The number of hydrogen-bond donors (Lipinski definition) is 2. The lowest BCUT2D eigenvalue weighted by Gasteiger charge is -2.28. The van der Waals surface area contributed by atoms with Gasteiger partial charge in [0.2, 0.25) is 0 Å². The molecule has 0 aromatic heterocycles. The van der Waals surface area contributed by atoms with Crippen LogP contribution in [-0.2, 0) is 6.54 Å². The van der Waals surface area contributed by atoms with Crippen LogP contribution in [0.2, 0.25) is 0 Å². The number of piperazine rings is 1. The number of aromatic hydroxyl groups is 1. The van der Waals surface area contributed by atoms with Gasteiger partial charge in [-0.15, -0.1) is 0 Å². The molecule has 4 nitrogen and oxygen atoms in total. The van der Waals surface area contributed by atoms with Crippen LogP contribution in [0.1, 0.15) is 16.7 Å². The summed E-state index contributed by atoms with van der Waals surface area (Å²) in [6, 6.07) is 1.96. The van der Waals surface area contributed by atoms with Gasteiger partial charge in [0.25, 0.3) is 0 Å². The van der Waals surface area contributed by atoms with Crippen molar-refractivity contribution in [3.63, 3.8) is 0 Å². The molecule has 0 aliphatic carbocycles. The molecule has 1 aliphatic rings. The number of ether oxygens (including phenoxy) is 1. The highest BCUT2D eigenvalue weighted by molar-refractivity contribution is 5.51. The van der Waals surface area contributed by atoms with E-state index in [9.17, 15) is 5.11 Å². The minimum atomic E-state index is 0.409. The molecule has 1 fully saturated rings. The van der Waals surface area contributed by atoms with E-state index in [1.54, 1.807) is 7.11 Å². The van der Waals surface area contributed by atoms with Crippen LogP contribution >= 0.6 is 0 Å². The van der Waals surface area contributed by atoms with Crippen molar-refractivity contribution in [3.05, 3.63) is 22.8 Å². The quantitative estimate of drug-likeness (QED) is 0.851. The average Bonchev–Trinajstić information content (AvgIpc) is 2.40. The molecule has 0 radical (unpaired) electrons. The summed E-state index contributed by atoms with van der Waals surface area (Å²) in [4.78, 5) is 2.35. The van der Waals surface area contributed by atoms with Crippen LogP contribution in [0.5, 0.6) is 11.5 Å². The Morgan fingerprint density at radius 3 is 2.56 bits per heavy atom. The number of nitrogens with one attached hydrogen (secondary N) is 1. The predicted molar refractivity (Wildman–Crippen MR) is 72.3 cm³/mol. The first kappa shape index (κ1) is 13.2. The average molecular weight is 250 g/mol. The number of nitrogens with zero attached hydrogens (tertiary/aromatic N) is 1. The van der Waals surface area contributed by atoms with Gasteiger partial charge in [-0.1, -0.05) is 0 Å². The number of phenols is 1. The molecule has 4 heteroatoms. The third-order valence-electron chi connectivity index (χ3n) is 3.72. The maximum absolute atomic E-state index is 10.2. The minimum absolute atomic E-state index is 0.409. The van der Waals surface area contributed by atoms with Gasteiger partial charge >= 0.3 is 0 Å². The Morgan fingerprint density at radius 1 is 1.28 bits per heavy atom. The van der Waals surface area contributed by atoms with Crippen molar-refractivity contribution in [2.45, 2.75) is 20.4 Å². The maximum Gasteiger partial charge on any atom is 0.123 e. The van der Waals surface area contributed by atoms with Crippen LogP contribution in [0.3, 0.4) is 0 Å². The van der Waals surface area contributed by atoms with Crippen LogP contribution in [0.4, 0.5) is 0 Å². The number of hydrogen-bond acceptors (Lipinski definition) is 4. The minimum Gasteiger partial charge on any atom is -0.507 e. The van der Waals surface area contributed by atoms with Crippen molar-refractivity contribution in [2.24, 2.45) is 0 Å². The van der Waals surface area contributed by atoms with E-state index >= 15 is 0 Å². The number of rotatable bonds is 3. The molecule has 0 atom stereocenters. The molecule has 1 aliphatic heterocycles. The fourth-order valence-corrected chi connectivity index (χ4v) is 2.38. The summed E-state index contributed by atoms with van der Waals surface area (Å²) in [7, 11) is 1.67. The number of methoxy groups -OCH3 is 1. The zero-order valence-corrected chi connectivity index (χ0v) is 11.4. The van der Waals surface area contributed by atoms with Crippen molar-refractivity contribution < 1.29 is 9.84 Å². The second-order valence-electron chi connectivity index (χ2n) is 4.86. The van der Waals surface area contributed by atoms with Crippen LogP contribution < -0.4 is 10.1 Å². The van der Waals surface area contributed by atoms with E-state index in [2.05, 4.69) is 10.2 Å². The summed E-state index contributed by atoms with van der Waals surface area (Å²) < 4.78 is 5.37. The van der Waals surface area contributed by atoms with Crippen LogP contribution in [-0.4, -0.2) is 43.3 Å². The molecular formula is C14H22N2O2. The molecule has 0 amide bonds. The van der Waals surface area contributed by atoms with E-state index in [0.29, 0.717) is 5.75 Å². The van der Waals surface area contributed by atoms with Gasteiger partial charge in [-0.25, -0.2) is 0 Å². The van der Waals surface area contributed by atoms with Crippen LogP contribution in [0, 0.1) is 13.8 Å². The first-order valence-corrected chi connectivity index (χ1v) is 6.42. The molecule has 1 heterocycles. The topological polar surface area (TPSA) is 44.7 Å². The Kier molecular flexibility index (Phi) is 4.09. The zero-order valence-electron chi connectivity index (χ0n) is 11.4. The van der Waals surface area contributed by atoms with E-state index in [4.69, 9.17) is 4.74 Å². The molecule has 18 heavy (non-hydrogen) atoms. The van der Waals surface area contributed by atoms with Crippen molar-refractivity contribution in [1.82, 2.24) is 10.2 Å². The number of phenolic OH excluding ortho intramolecular Hbond substituents is 1. The van der Waals surface area contributed by atoms with Crippen LogP contribution in [0.25, 0.3) is 0 Å². The summed E-state index contributed by atoms with van der Waals surface area (Å²) in [6.45, 7) is 8.77. The molecule has 0 saturated carbocycles. The molecule has 0 bridgehead atoms. The third-order valence-corrected chi connectivity index (χ3v) is 3.72. The summed E-state index contributed by atoms with van der Waals surface area (Å²) in [5, 5.41) is 13.6. The Hall–Kier alpha value is -1.26. The zero-order chi connectivity index (χ0) is 13.1. The summed E-state index contributed by atoms with van der Waals surface area (Å²) >= 11 is 0. The fourth-order valence-electron chi connectivity index (χ4n) is 2.38. The first-order chi connectivity index (χ1) is 8.63. The Labute approximate surface area is 109 Å². The van der Waals surface area contributed by atoms with Gasteiger partial charge in [-0.05, 0) is 31.0 Å². The smallest absolute Gasteiger partial charge is 0.123 e. The van der Waals surface area contributed by atoms with E-state index in [1.165, 1.54) is 0 Å². The highest BCUT2D eigenvalue weighted by Crippen LogP contribution is 2.33. The second kappa shape index (κ2) is 5.59. The molecule has 0 unspecified atom stereocenters.